The third-order valence-electron chi connectivity index (χ3n) is 2.89. The molecule has 2 aromatic heterocycles. The van der Waals surface area contributed by atoms with Crippen molar-refractivity contribution in [1.29, 1.82) is 0 Å². The van der Waals surface area contributed by atoms with E-state index in [-0.39, 0.29) is 12.3 Å². The highest BCUT2D eigenvalue weighted by Gasteiger charge is 2.10. The van der Waals surface area contributed by atoms with Crippen LogP contribution in [0.4, 0.5) is 5.69 Å². The van der Waals surface area contributed by atoms with E-state index in [1.165, 1.54) is 6.39 Å². The van der Waals surface area contributed by atoms with Crippen LogP contribution < -0.4 is 5.32 Å². The molecule has 1 amide bonds. The van der Waals surface area contributed by atoms with E-state index in [0.29, 0.717) is 5.76 Å². The van der Waals surface area contributed by atoms with Gasteiger partial charge in [-0.1, -0.05) is 0 Å². The van der Waals surface area contributed by atoms with Crippen LogP contribution >= 0.6 is 0 Å². The molecule has 0 aliphatic carbocycles. The molecule has 3 rings (SSSR count). The number of aromatic nitrogens is 3. The van der Waals surface area contributed by atoms with Crippen molar-refractivity contribution in [2.75, 3.05) is 5.32 Å². The number of amides is 1. The minimum Gasteiger partial charge on any atom is -0.448 e. The van der Waals surface area contributed by atoms with Crippen LogP contribution in [0.15, 0.2) is 35.2 Å². The molecule has 3 aromatic rings. The maximum absolute atomic E-state index is 11.9. The number of fused-ring (bicyclic) bond motifs is 1. The average molecular weight is 256 g/mol. The summed E-state index contributed by atoms with van der Waals surface area (Å²) in [7, 11) is 0. The van der Waals surface area contributed by atoms with Gasteiger partial charge in [-0.25, -0.2) is 4.98 Å². The predicted octanol–water partition coefficient (Wildman–Crippen LogP) is 2.04. The number of aromatic amines is 1. The lowest BCUT2D eigenvalue weighted by molar-refractivity contribution is -0.115. The fourth-order valence-electron chi connectivity index (χ4n) is 1.86. The van der Waals surface area contributed by atoms with Crippen LogP contribution in [0.25, 0.3) is 10.9 Å². The van der Waals surface area contributed by atoms with Crippen LogP contribution in [-0.2, 0) is 11.2 Å². The Hall–Kier alpha value is -2.63. The third-order valence-corrected chi connectivity index (χ3v) is 2.89. The second kappa shape index (κ2) is 4.56. The van der Waals surface area contributed by atoms with E-state index in [0.717, 1.165) is 22.3 Å². The van der Waals surface area contributed by atoms with Gasteiger partial charge in [0.1, 0.15) is 5.76 Å². The van der Waals surface area contributed by atoms with E-state index < -0.39 is 0 Å². The summed E-state index contributed by atoms with van der Waals surface area (Å²) in [5.74, 6) is 0.443. The predicted molar refractivity (Wildman–Crippen MR) is 69.7 cm³/mol. The number of hydrogen-bond donors (Lipinski definition) is 2. The Labute approximate surface area is 108 Å². The van der Waals surface area contributed by atoms with Crippen molar-refractivity contribution in [3.63, 3.8) is 0 Å². The molecule has 2 heterocycles. The zero-order valence-corrected chi connectivity index (χ0v) is 10.3. The van der Waals surface area contributed by atoms with Crippen molar-refractivity contribution in [3.8, 4) is 0 Å². The van der Waals surface area contributed by atoms with E-state index >= 15 is 0 Å². The van der Waals surface area contributed by atoms with Gasteiger partial charge in [0.25, 0.3) is 0 Å². The molecular weight excluding hydrogens is 244 g/mol. The van der Waals surface area contributed by atoms with E-state index in [1.54, 1.807) is 6.20 Å². The number of carbonyl (C=O) groups excluding carboxylic acids is 1. The zero-order valence-electron chi connectivity index (χ0n) is 10.3. The molecular formula is C13H12N4O2. The van der Waals surface area contributed by atoms with Gasteiger partial charge < -0.3 is 9.73 Å². The number of hydrogen-bond acceptors (Lipinski definition) is 4. The van der Waals surface area contributed by atoms with Gasteiger partial charge in [-0.3, -0.25) is 9.89 Å². The van der Waals surface area contributed by atoms with Crippen LogP contribution in [0.5, 0.6) is 0 Å². The molecule has 0 aliphatic rings. The van der Waals surface area contributed by atoms with Crippen molar-refractivity contribution in [1.82, 2.24) is 15.2 Å². The van der Waals surface area contributed by atoms with Crippen molar-refractivity contribution in [3.05, 3.63) is 42.2 Å². The maximum atomic E-state index is 11.9. The summed E-state index contributed by atoms with van der Waals surface area (Å²) in [6.45, 7) is 1.81. The first kappa shape index (κ1) is 11.5. The van der Waals surface area contributed by atoms with E-state index in [9.17, 15) is 4.79 Å². The molecule has 0 atom stereocenters. The first-order valence-corrected chi connectivity index (χ1v) is 5.84. The molecule has 96 valence electrons. The molecule has 6 nitrogen and oxygen atoms in total. The number of nitrogens with one attached hydrogen (secondary N) is 2. The summed E-state index contributed by atoms with van der Waals surface area (Å²) in [6.07, 6.45) is 3.25. The van der Waals surface area contributed by atoms with Gasteiger partial charge in [0.15, 0.2) is 6.39 Å². The molecule has 1 aromatic carbocycles. The molecule has 0 unspecified atom stereocenters. The van der Waals surface area contributed by atoms with Gasteiger partial charge >= 0.3 is 0 Å². The Morgan fingerprint density at radius 2 is 2.37 bits per heavy atom. The van der Waals surface area contributed by atoms with Crippen molar-refractivity contribution in [2.24, 2.45) is 0 Å². The summed E-state index contributed by atoms with van der Waals surface area (Å²) in [4.78, 5) is 15.8. The SMILES string of the molecule is Cc1ncoc1CC(=O)Nc1ccc2cn[nH]c2c1. The van der Waals surface area contributed by atoms with Gasteiger partial charge in [0.05, 0.1) is 23.8 Å². The maximum Gasteiger partial charge on any atom is 0.232 e. The lowest BCUT2D eigenvalue weighted by atomic mass is 10.2. The number of rotatable bonds is 3. The number of H-pyrrole nitrogens is 1. The number of carbonyl (C=O) groups is 1. The van der Waals surface area contributed by atoms with Crippen molar-refractivity contribution in [2.45, 2.75) is 13.3 Å². The molecule has 0 aliphatic heterocycles. The first-order valence-electron chi connectivity index (χ1n) is 5.84. The Kier molecular flexibility index (Phi) is 2.75. The van der Waals surface area contributed by atoms with E-state index in [4.69, 9.17) is 4.42 Å². The molecule has 0 fully saturated rings. The minimum absolute atomic E-state index is 0.140. The number of aryl methyl sites for hydroxylation is 1. The van der Waals surface area contributed by atoms with Crippen LogP contribution in [0.2, 0.25) is 0 Å². The number of oxazole rings is 1. The largest absolute Gasteiger partial charge is 0.448 e. The van der Waals surface area contributed by atoms with Crippen LogP contribution in [0.3, 0.4) is 0 Å². The standard InChI is InChI=1S/C13H12N4O2/c1-8-12(19-7-14-8)5-13(18)16-10-3-2-9-6-15-17-11(9)4-10/h2-4,6-7H,5H2,1H3,(H,15,17)(H,16,18). The topological polar surface area (TPSA) is 83.8 Å². The second-order valence-electron chi connectivity index (χ2n) is 4.26. The molecule has 0 radical (unpaired) electrons. The van der Waals surface area contributed by atoms with Gasteiger partial charge in [0, 0.05) is 11.1 Å². The van der Waals surface area contributed by atoms with Crippen molar-refractivity contribution >= 4 is 22.5 Å². The van der Waals surface area contributed by atoms with Crippen LogP contribution in [0.1, 0.15) is 11.5 Å². The fraction of sp³-hybridized carbons (Fsp3) is 0.154. The third kappa shape index (κ3) is 2.33. The van der Waals surface area contributed by atoms with Gasteiger partial charge in [-0.2, -0.15) is 5.10 Å². The van der Waals surface area contributed by atoms with Crippen LogP contribution in [-0.4, -0.2) is 21.1 Å². The van der Waals surface area contributed by atoms with Gasteiger partial charge in [0.2, 0.25) is 5.91 Å². The number of benzene rings is 1. The fourth-order valence-corrected chi connectivity index (χ4v) is 1.86. The highest BCUT2D eigenvalue weighted by Crippen LogP contribution is 2.17. The first-order chi connectivity index (χ1) is 9.22. The summed E-state index contributed by atoms with van der Waals surface area (Å²) < 4.78 is 5.14. The summed E-state index contributed by atoms with van der Waals surface area (Å²) >= 11 is 0. The average Bonchev–Trinajstić information content (AvgIpc) is 2.98. The van der Waals surface area contributed by atoms with Crippen molar-refractivity contribution < 1.29 is 9.21 Å². The Balaban J connectivity index is 1.73. The van der Waals surface area contributed by atoms with Crippen LogP contribution in [0, 0.1) is 6.92 Å². The quantitative estimate of drug-likeness (QED) is 0.751. The van der Waals surface area contributed by atoms with Gasteiger partial charge in [-0.05, 0) is 25.1 Å². The smallest absolute Gasteiger partial charge is 0.232 e. The Bertz CT molecular complexity index is 729. The highest BCUT2D eigenvalue weighted by atomic mass is 16.3. The molecule has 0 saturated carbocycles. The monoisotopic (exact) mass is 256 g/mol. The lowest BCUT2D eigenvalue weighted by Crippen LogP contribution is -2.14. The molecule has 0 bridgehead atoms. The molecule has 0 spiro atoms. The Morgan fingerprint density at radius 1 is 1.47 bits per heavy atom. The normalized spacial score (nSPS) is 10.8. The summed E-state index contributed by atoms with van der Waals surface area (Å²) in [5.41, 5.74) is 2.34. The second-order valence-corrected chi connectivity index (χ2v) is 4.26. The molecule has 19 heavy (non-hydrogen) atoms. The van der Waals surface area contributed by atoms with Gasteiger partial charge in [-0.15, -0.1) is 0 Å². The van der Waals surface area contributed by atoms with E-state index in [1.807, 2.05) is 25.1 Å². The summed E-state index contributed by atoms with van der Waals surface area (Å²) in [6, 6.07) is 5.57. The lowest BCUT2D eigenvalue weighted by Gasteiger charge is -2.04. The number of anilines is 1. The minimum atomic E-state index is -0.140. The zero-order chi connectivity index (χ0) is 13.2. The molecule has 2 N–H and O–H groups in total. The molecule has 6 heteroatoms. The summed E-state index contributed by atoms with van der Waals surface area (Å²) in [5, 5.41) is 10.6. The Morgan fingerprint density at radius 3 is 3.16 bits per heavy atom. The number of nitrogens with zero attached hydrogens (tertiary/aromatic N) is 2. The highest BCUT2D eigenvalue weighted by molar-refractivity contribution is 5.94. The van der Waals surface area contributed by atoms with E-state index in [2.05, 4.69) is 20.5 Å². The molecule has 0 saturated heterocycles.